The molecule has 10 nitrogen and oxygen atoms in total. The largest absolute Gasteiger partial charge is 0.311 e. The minimum absolute atomic E-state index is 0.127. The Kier molecular flexibility index (Phi) is 9.34. The van der Waals surface area contributed by atoms with Crippen molar-refractivity contribution in [3.05, 3.63) is 180 Å². The lowest BCUT2D eigenvalue weighted by Gasteiger charge is -2.34. The standard InChI is InChI=1S/C48H26N10/c49-27-45(28-50)35-11-19-41(20-12-35)57(39-7-3-1-4-8-39)42-21-13-36(14-22-42)46(29-51,30-52)48(33-55,34-56)38-17-25-44(26-18-38)58(40-9-5-2-6-10-40)43-23-15-37(16-24-43)47(45,31-53)32-54/h1-26H. The van der Waals surface area contributed by atoms with Gasteiger partial charge in [-0.15, -0.1) is 0 Å². The molecule has 6 aromatic rings. The van der Waals surface area contributed by atoms with Gasteiger partial charge >= 0.3 is 0 Å². The zero-order chi connectivity index (χ0) is 41.0. The van der Waals surface area contributed by atoms with Crippen LogP contribution in [0.15, 0.2) is 158 Å². The number of nitrogens with zero attached hydrogens (tertiary/aromatic N) is 10. The van der Waals surface area contributed by atoms with Gasteiger partial charge in [0.15, 0.2) is 0 Å². The van der Waals surface area contributed by atoms with Crippen molar-refractivity contribution in [2.24, 2.45) is 0 Å². The summed E-state index contributed by atoms with van der Waals surface area (Å²) in [4.78, 5) is 3.69. The molecular formula is C48H26N10. The first kappa shape index (κ1) is 37.2. The normalized spacial score (nSPS) is 15.2. The van der Waals surface area contributed by atoms with Crippen molar-refractivity contribution in [3.63, 3.8) is 0 Å². The molecular weight excluding hydrogens is 717 g/mol. The van der Waals surface area contributed by atoms with Crippen LogP contribution in [-0.4, -0.2) is 0 Å². The molecule has 7 heterocycles. The third-order valence-corrected chi connectivity index (χ3v) is 10.7. The third-order valence-electron chi connectivity index (χ3n) is 10.7. The molecule has 0 radical (unpaired) electrons. The van der Waals surface area contributed by atoms with Crippen LogP contribution in [0.2, 0.25) is 0 Å². The van der Waals surface area contributed by atoms with Crippen LogP contribution in [0, 0.1) is 90.6 Å². The molecule has 58 heavy (non-hydrogen) atoms. The van der Waals surface area contributed by atoms with Crippen molar-refractivity contribution < 1.29 is 0 Å². The van der Waals surface area contributed by atoms with Crippen molar-refractivity contribution in [1.29, 1.82) is 42.1 Å². The molecule has 0 amide bonds. The van der Waals surface area contributed by atoms with Gasteiger partial charge in [-0.3, -0.25) is 0 Å². The molecule has 0 unspecified atom stereocenters. The van der Waals surface area contributed by atoms with Gasteiger partial charge < -0.3 is 9.80 Å². The summed E-state index contributed by atoms with van der Waals surface area (Å²) < 4.78 is 0. The molecule has 0 N–H and O–H groups in total. The van der Waals surface area contributed by atoms with Crippen molar-refractivity contribution >= 4 is 34.1 Å². The van der Waals surface area contributed by atoms with E-state index >= 15 is 0 Å². The molecule has 268 valence electrons. The summed E-state index contributed by atoms with van der Waals surface area (Å²) in [5.74, 6) is 0. The minimum atomic E-state index is -2.27. The molecule has 0 aromatic heterocycles. The van der Waals surface area contributed by atoms with E-state index in [9.17, 15) is 42.1 Å². The van der Waals surface area contributed by atoms with Gasteiger partial charge in [-0.1, -0.05) is 84.9 Å². The molecule has 0 aliphatic carbocycles. The topological polar surface area (TPSA) is 197 Å². The maximum absolute atomic E-state index is 10.8. The number of hydrogen-bond acceptors (Lipinski definition) is 10. The summed E-state index contributed by atoms with van der Waals surface area (Å²) in [5, 5.41) is 86.4. The molecule has 0 saturated heterocycles. The molecule has 0 atom stereocenters. The van der Waals surface area contributed by atoms with E-state index in [1.807, 2.05) is 119 Å². The van der Waals surface area contributed by atoms with Crippen LogP contribution in [0.25, 0.3) is 0 Å². The second-order valence-corrected chi connectivity index (χ2v) is 13.4. The Morgan fingerprint density at radius 2 is 0.414 bits per heavy atom. The molecule has 7 aliphatic heterocycles. The highest BCUT2D eigenvalue weighted by Crippen LogP contribution is 2.48. The maximum Gasteiger partial charge on any atom is 0.204 e. The SMILES string of the molecule is N#CC1(C#N)c2ccc(cc2)N(c2ccccc2)c2ccc(cc2)C(C#N)(C#N)C(C#N)(C#N)c2ccc(cc2)N(c2ccccc2)c2ccc(cc2)C1(C#N)C#N. The molecule has 0 fully saturated rings. The van der Waals surface area contributed by atoms with E-state index in [1.165, 1.54) is 0 Å². The second-order valence-electron chi connectivity index (χ2n) is 13.4. The lowest BCUT2D eigenvalue weighted by Crippen LogP contribution is -2.46. The van der Waals surface area contributed by atoms with Crippen LogP contribution >= 0.6 is 0 Å². The van der Waals surface area contributed by atoms with E-state index in [2.05, 4.69) is 0 Å². The monoisotopic (exact) mass is 742 g/mol. The van der Waals surface area contributed by atoms with E-state index in [1.54, 1.807) is 97.1 Å². The molecule has 13 rings (SSSR count). The molecule has 0 saturated carbocycles. The maximum atomic E-state index is 10.8. The van der Waals surface area contributed by atoms with Crippen LogP contribution in [0.5, 0.6) is 0 Å². The van der Waals surface area contributed by atoms with Crippen LogP contribution in [0.4, 0.5) is 34.1 Å². The summed E-state index contributed by atoms with van der Waals surface area (Å²) in [5.41, 5.74) is -4.91. The van der Waals surface area contributed by atoms with Crippen LogP contribution < -0.4 is 9.80 Å². The van der Waals surface area contributed by atoms with Crippen LogP contribution in [0.3, 0.4) is 0 Å². The highest BCUT2D eigenvalue weighted by molar-refractivity contribution is 5.79. The van der Waals surface area contributed by atoms with Gasteiger partial charge in [0, 0.05) is 34.1 Å². The summed E-state index contributed by atoms with van der Waals surface area (Å²) in [7, 11) is 0. The first-order valence-corrected chi connectivity index (χ1v) is 17.7. The predicted octanol–water partition coefficient (Wildman–Crippen LogP) is 9.48. The molecule has 10 heteroatoms. The number of benzene rings is 6. The number of rotatable bonds is 2. The summed E-state index contributed by atoms with van der Waals surface area (Å²) >= 11 is 0. The fraction of sp³-hybridized carbons (Fsp3) is 0.0833. The third kappa shape index (κ3) is 5.26. The molecule has 0 spiro atoms. The molecule has 6 aromatic carbocycles. The Morgan fingerprint density at radius 1 is 0.241 bits per heavy atom. The van der Waals surface area contributed by atoms with Gasteiger partial charge in [-0.2, -0.15) is 42.1 Å². The average molecular weight is 743 g/mol. The second kappa shape index (κ2) is 14.6. The highest BCUT2D eigenvalue weighted by atomic mass is 15.1. The first-order valence-electron chi connectivity index (χ1n) is 17.7. The van der Waals surface area contributed by atoms with Crippen molar-refractivity contribution in [2.75, 3.05) is 9.80 Å². The number of hydrogen-bond donors (Lipinski definition) is 0. The van der Waals surface area contributed by atoms with Gasteiger partial charge in [0.2, 0.25) is 21.7 Å². The van der Waals surface area contributed by atoms with Gasteiger partial charge in [0.1, 0.15) is 0 Å². The van der Waals surface area contributed by atoms with Crippen molar-refractivity contribution in [1.82, 2.24) is 0 Å². The Bertz CT molecular complexity index is 2450. The number of nitriles is 8. The van der Waals surface area contributed by atoms with Gasteiger partial charge in [-0.05, 0) is 95.1 Å². The fourth-order valence-electron chi connectivity index (χ4n) is 7.64. The minimum Gasteiger partial charge on any atom is -0.311 e. The van der Waals surface area contributed by atoms with E-state index in [0.717, 1.165) is 0 Å². The Morgan fingerprint density at radius 3 is 0.586 bits per heavy atom. The Balaban J connectivity index is 1.55. The van der Waals surface area contributed by atoms with E-state index < -0.39 is 21.7 Å². The van der Waals surface area contributed by atoms with Gasteiger partial charge in [0.25, 0.3) is 0 Å². The van der Waals surface area contributed by atoms with Crippen LogP contribution in [0.1, 0.15) is 22.3 Å². The van der Waals surface area contributed by atoms with Gasteiger partial charge in [-0.25, -0.2) is 0 Å². The highest BCUT2D eigenvalue weighted by Gasteiger charge is 2.58. The van der Waals surface area contributed by atoms with Gasteiger partial charge in [0.05, 0.1) is 48.6 Å². The van der Waals surface area contributed by atoms with Crippen molar-refractivity contribution in [3.8, 4) is 48.6 Å². The average Bonchev–Trinajstić information content (AvgIpc) is 3.29. The molecule has 7 aliphatic rings. The first-order chi connectivity index (χ1) is 28.3. The van der Waals surface area contributed by atoms with E-state index in [4.69, 9.17) is 0 Å². The number of anilines is 6. The van der Waals surface area contributed by atoms with E-state index in [0.29, 0.717) is 34.1 Å². The molecule has 8 bridgehead atoms. The Labute approximate surface area is 335 Å². The zero-order valence-electron chi connectivity index (χ0n) is 30.5. The smallest absolute Gasteiger partial charge is 0.204 e. The lowest BCUT2D eigenvalue weighted by molar-refractivity contribution is 0.524. The summed E-state index contributed by atoms with van der Waals surface area (Å²) in [6.07, 6.45) is 0. The lowest BCUT2D eigenvalue weighted by atomic mass is 9.59. The fourth-order valence-corrected chi connectivity index (χ4v) is 7.64. The summed E-state index contributed by atoms with van der Waals surface area (Å²) in [6, 6.07) is 60.5. The summed E-state index contributed by atoms with van der Waals surface area (Å²) in [6.45, 7) is 0. The van der Waals surface area contributed by atoms with E-state index in [-0.39, 0.29) is 22.3 Å². The Hall–Kier alpha value is -9.16. The van der Waals surface area contributed by atoms with Crippen LogP contribution in [-0.2, 0) is 21.7 Å². The zero-order valence-corrected chi connectivity index (χ0v) is 30.5. The predicted molar refractivity (Wildman–Crippen MR) is 214 cm³/mol. The van der Waals surface area contributed by atoms with Crippen molar-refractivity contribution in [2.45, 2.75) is 21.7 Å². The quantitative estimate of drug-likeness (QED) is 0.165. The number of para-hydroxylation sites is 2.